The first kappa shape index (κ1) is 20.2. The van der Waals surface area contributed by atoms with Gasteiger partial charge in [0, 0.05) is 24.8 Å². The maximum Gasteiger partial charge on any atom is 0.261 e. The van der Waals surface area contributed by atoms with Gasteiger partial charge in [-0.25, -0.2) is 8.42 Å². The van der Waals surface area contributed by atoms with Gasteiger partial charge in [0.15, 0.2) is 0 Å². The van der Waals surface area contributed by atoms with Crippen LogP contribution in [0.4, 0.5) is 5.69 Å². The summed E-state index contributed by atoms with van der Waals surface area (Å²) in [6.07, 6.45) is 0.257. The number of nitrogens with zero attached hydrogens (tertiary/aromatic N) is 1. The van der Waals surface area contributed by atoms with E-state index in [2.05, 4.69) is 4.72 Å². The second kappa shape index (κ2) is 8.07. The second-order valence-corrected chi connectivity index (χ2v) is 8.36. The predicted molar refractivity (Wildman–Crippen MR) is 104 cm³/mol. The Hall–Kier alpha value is -2.09. The number of carbonyl (C=O) groups excluding carboxylic acids is 1. The SMILES string of the molecule is Cc1ccc(S(=O)(=O)Nc2ccc(Cl)cc2)cc1C[C@H](N)C(=O)N(C)C. The Balaban J connectivity index is 2.27. The molecule has 0 heterocycles. The van der Waals surface area contributed by atoms with Crippen LogP contribution in [-0.2, 0) is 21.2 Å². The van der Waals surface area contributed by atoms with Gasteiger partial charge in [-0.1, -0.05) is 17.7 Å². The zero-order valence-corrected chi connectivity index (χ0v) is 16.4. The van der Waals surface area contributed by atoms with Gasteiger partial charge in [0.2, 0.25) is 5.91 Å². The molecule has 0 aliphatic carbocycles. The van der Waals surface area contributed by atoms with Crippen LogP contribution < -0.4 is 10.5 Å². The average molecular weight is 396 g/mol. The van der Waals surface area contributed by atoms with Crippen LogP contribution in [0.3, 0.4) is 0 Å². The smallest absolute Gasteiger partial charge is 0.261 e. The number of benzene rings is 2. The number of anilines is 1. The number of likely N-dealkylation sites (N-methyl/N-ethyl adjacent to an activating group) is 1. The number of carbonyl (C=O) groups is 1. The molecule has 1 amide bonds. The van der Waals surface area contributed by atoms with Gasteiger partial charge in [-0.05, 0) is 60.9 Å². The Morgan fingerprint density at radius 3 is 2.38 bits per heavy atom. The first-order valence-electron chi connectivity index (χ1n) is 7.95. The molecule has 0 aliphatic heterocycles. The number of nitrogens with two attached hydrogens (primary N) is 1. The monoisotopic (exact) mass is 395 g/mol. The van der Waals surface area contributed by atoms with E-state index in [0.29, 0.717) is 16.3 Å². The van der Waals surface area contributed by atoms with E-state index in [0.717, 1.165) is 5.56 Å². The van der Waals surface area contributed by atoms with Gasteiger partial charge < -0.3 is 10.6 Å². The first-order valence-corrected chi connectivity index (χ1v) is 9.81. The van der Waals surface area contributed by atoms with Crippen LogP contribution >= 0.6 is 11.6 Å². The lowest BCUT2D eigenvalue weighted by Gasteiger charge is -2.18. The summed E-state index contributed by atoms with van der Waals surface area (Å²) in [5.41, 5.74) is 7.95. The fourth-order valence-electron chi connectivity index (χ4n) is 2.42. The van der Waals surface area contributed by atoms with Crippen molar-refractivity contribution in [1.82, 2.24) is 4.90 Å². The molecule has 140 valence electrons. The lowest BCUT2D eigenvalue weighted by Crippen LogP contribution is -2.41. The molecule has 2 aromatic rings. The highest BCUT2D eigenvalue weighted by Gasteiger charge is 2.20. The van der Waals surface area contributed by atoms with Crippen molar-refractivity contribution < 1.29 is 13.2 Å². The minimum Gasteiger partial charge on any atom is -0.347 e. The molecule has 0 aromatic heterocycles. The lowest BCUT2D eigenvalue weighted by atomic mass is 10.0. The Morgan fingerprint density at radius 2 is 1.81 bits per heavy atom. The molecule has 1 atom stereocenters. The van der Waals surface area contributed by atoms with E-state index in [4.69, 9.17) is 17.3 Å². The fraction of sp³-hybridized carbons (Fsp3) is 0.278. The maximum absolute atomic E-state index is 12.6. The van der Waals surface area contributed by atoms with E-state index < -0.39 is 16.1 Å². The third kappa shape index (κ3) is 4.97. The Bertz CT molecular complexity index is 896. The number of sulfonamides is 1. The number of halogens is 1. The summed E-state index contributed by atoms with van der Waals surface area (Å²) in [7, 11) is -0.505. The van der Waals surface area contributed by atoms with Gasteiger partial charge in [0.25, 0.3) is 10.0 Å². The minimum absolute atomic E-state index is 0.109. The summed E-state index contributed by atoms with van der Waals surface area (Å²) in [6, 6.07) is 10.4. The van der Waals surface area contributed by atoms with Crippen LogP contribution in [0.2, 0.25) is 5.02 Å². The molecule has 6 nitrogen and oxygen atoms in total. The molecule has 0 spiro atoms. The van der Waals surface area contributed by atoms with Crippen molar-refractivity contribution in [3.63, 3.8) is 0 Å². The van der Waals surface area contributed by atoms with Crippen molar-refractivity contribution in [1.29, 1.82) is 0 Å². The molecule has 0 saturated heterocycles. The summed E-state index contributed by atoms with van der Waals surface area (Å²) in [4.78, 5) is 13.5. The van der Waals surface area contributed by atoms with Crippen LogP contribution in [0.25, 0.3) is 0 Å². The lowest BCUT2D eigenvalue weighted by molar-refractivity contribution is -0.130. The van der Waals surface area contributed by atoms with Gasteiger partial charge in [0.1, 0.15) is 0 Å². The van der Waals surface area contributed by atoms with Gasteiger partial charge >= 0.3 is 0 Å². The number of hydrogen-bond donors (Lipinski definition) is 2. The molecule has 3 N–H and O–H groups in total. The molecule has 2 rings (SSSR count). The quantitative estimate of drug-likeness (QED) is 0.785. The molecule has 0 unspecified atom stereocenters. The van der Waals surface area contributed by atoms with E-state index >= 15 is 0 Å². The molecule has 0 aliphatic rings. The van der Waals surface area contributed by atoms with Crippen LogP contribution in [0.15, 0.2) is 47.4 Å². The van der Waals surface area contributed by atoms with Crippen LogP contribution in [-0.4, -0.2) is 39.4 Å². The number of nitrogens with one attached hydrogen (secondary N) is 1. The van der Waals surface area contributed by atoms with Gasteiger partial charge in [-0.3, -0.25) is 9.52 Å². The highest BCUT2D eigenvalue weighted by atomic mass is 35.5. The zero-order valence-electron chi connectivity index (χ0n) is 14.9. The normalized spacial score (nSPS) is 12.5. The fourth-order valence-corrected chi connectivity index (χ4v) is 3.66. The zero-order chi connectivity index (χ0) is 19.5. The average Bonchev–Trinajstić information content (AvgIpc) is 2.57. The summed E-state index contributed by atoms with van der Waals surface area (Å²) in [6.45, 7) is 1.85. The summed E-state index contributed by atoms with van der Waals surface area (Å²) in [5.74, 6) is -0.211. The van der Waals surface area contributed by atoms with Crippen LogP contribution in [0.1, 0.15) is 11.1 Å². The molecular formula is C18H22ClN3O3S. The van der Waals surface area contributed by atoms with Crippen molar-refractivity contribution in [2.24, 2.45) is 5.73 Å². The highest BCUT2D eigenvalue weighted by Crippen LogP contribution is 2.21. The summed E-state index contributed by atoms with van der Waals surface area (Å²) < 4.78 is 27.8. The molecule has 0 bridgehead atoms. The summed E-state index contributed by atoms with van der Waals surface area (Å²) >= 11 is 5.81. The standard InChI is InChI=1S/C18H22ClN3O3S/c1-12-4-9-16(10-13(12)11-17(20)18(23)22(2)3)26(24,25)21-15-7-5-14(19)6-8-15/h4-10,17,21H,11,20H2,1-3H3/t17-/m0/s1. The predicted octanol–water partition coefficient (Wildman–Crippen LogP) is 2.41. The Labute approximate surface area is 159 Å². The van der Waals surface area contributed by atoms with E-state index in [1.807, 2.05) is 6.92 Å². The van der Waals surface area contributed by atoms with Gasteiger partial charge in [0.05, 0.1) is 10.9 Å². The van der Waals surface area contributed by atoms with Crippen molar-refractivity contribution in [2.45, 2.75) is 24.3 Å². The highest BCUT2D eigenvalue weighted by molar-refractivity contribution is 7.92. The van der Waals surface area contributed by atoms with Crippen molar-refractivity contribution in [3.8, 4) is 0 Å². The largest absolute Gasteiger partial charge is 0.347 e. The van der Waals surface area contributed by atoms with Crippen LogP contribution in [0, 0.1) is 6.92 Å². The second-order valence-electron chi connectivity index (χ2n) is 6.24. The number of rotatable bonds is 6. The topological polar surface area (TPSA) is 92.5 Å². The van der Waals surface area contributed by atoms with E-state index in [9.17, 15) is 13.2 Å². The van der Waals surface area contributed by atoms with Gasteiger partial charge in [-0.15, -0.1) is 0 Å². The van der Waals surface area contributed by atoms with Crippen molar-refractivity contribution in [3.05, 3.63) is 58.6 Å². The Kier molecular flexibility index (Phi) is 6.28. The van der Waals surface area contributed by atoms with Crippen LogP contribution in [0.5, 0.6) is 0 Å². The molecule has 0 fully saturated rings. The third-order valence-corrected chi connectivity index (χ3v) is 5.56. The Morgan fingerprint density at radius 1 is 1.19 bits per heavy atom. The van der Waals surface area contributed by atoms with Crippen molar-refractivity contribution in [2.75, 3.05) is 18.8 Å². The number of hydrogen-bond acceptors (Lipinski definition) is 4. The van der Waals surface area contributed by atoms with Gasteiger partial charge in [-0.2, -0.15) is 0 Å². The molecule has 0 radical (unpaired) electrons. The van der Waals surface area contributed by atoms with Crippen molar-refractivity contribution >= 4 is 33.2 Å². The molecular weight excluding hydrogens is 374 g/mol. The third-order valence-electron chi connectivity index (χ3n) is 3.93. The molecule has 2 aromatic carbocycles. The van der Waals surface area contributed by atoms with E-state index in [-0.39, 0.29) is 17.2 Å². The summed E-state index contributed by atoms with van der Waals surface area (Å²) in [5, 5.41) is 0.519. The first-order chi connectivity index (χ1) is 12.1. The number of aryl methyl sites for hydroxylation is 1. The molecule has 0 saturated carbocycles. The number of amides is 1. The molecule has 8 heteroatoms. The van der Waals surface area contributed by atoms with E-state index in [1.165, 1.54) is 11.0 Å². The maximum atomic E-state index is 12.6. The molecule has 26 heavy (non-hydrogen) atoms. The van der Waals surface area contributed by atoms with E-state index in [1.54, 1.807) is 50.5 Å². The minimum atomic E-state index is -3.77.